The number of unbranched alkanes of at least 4 members (excludes halogenated alkanes) is 4. The summed E-state index contributed by atoms with van der Waals surface area (Å²) in [4.78, 5) is 0. The number of hydrogen-bond acceptors (Lipinski definition) is 1. The highest BCUT2D eigenvalue weighted by Crippen LogP contribution is 2.36. The molecule has 0 heterocycles. The Labute approximate surface area is 126 Å². The lowest BCUT2D eigenvalue weighted by Crippen LogP contribution is -2.13. The molecule has 1 aromatic rings. The maximum absolute atomic E-state index is 12.8. The Morgan fingerprint density at radius 3 is 2.40 bits per heavy atom. The summed E-state index contributed by atoms with van der Waals surface area (Å²) in [6.45, 7) is 2.15. The van der Waals surface area contributed by atoms with E-state index in [1.54, 1.807) is 6.07 Å². The third kappa shape index (κ3) is 5.44. The molecule has 0 aliphatic heterocycles. The molecule has 0 aliphatic rings. The van der Waals surface area contributed by atoms with Crippen molar-refractivity contribution in [2.45, 2.75) is 57.7 Å². The predicted molar refractivity (Wildman–Crippen MR) is 79.4 cm³/mol. The van der Waals surface area contributed by atoms with Gasteiger partial charge < -0.3 is 5.73 Å². The van der Waals surface area contributed by atoms with E-state index < -0.39 is 11.7 Å². The fraction of sp³-hybridized carbons (Fsp3) is 0.600. The Bertz CT molecular complexity index is 418. The molecular weight excluding hydrogens is 331 g/mol. The molecule has 0 bridgehead atoms. The smallest absolute Gasteiger partial charge is 0.324 e. The van der Waals surface area contributed by atoms with Crippen molar-refractivity contribution in [1.82, 2.24) is 0 Å². The van der Waals surface area contributed by atoms with E-state index in [1.807, 2.05) is 0 Å². The van der Waals surface area contributed by atoms with E-state index in [-0.39, 0.29) is 10.5 Å². The van der Waals surface area contributed by atoms with Crippen LogP contribution < -0.4 is 5.73 Å². The Morgan fingerprint density at radius 2 is 1.80 bits per heavy atom. The highest BCUT2D eigenvalue weighted by atomic mass is 79.9. The van der Waals surface area contributed by atoms with Crippen LogP contribution in [0.1, 0.15) is 62.6 Å². The number of nitrogens with two attached hydrogens (primary N) is 1. The first-order valence-electron chi connectivity index (χ1n) is 6.98. The average molecular weight is 352 g/mol. The molecule has 114 valence electrons. The van der Waals surface area contributed by atoms with Gasteiger partial charge in [0.25, 0.3) is 0 Å². The lowest BCUT2D eigenvalue weighted by atomic mass is 9.99. The van der Waals surface area contributed by atoms with E-state index in [2.05, 4.69) is 22.9 Å². The van der Waals surface area contributed by atoms with Crippen molar-refractivity contribution in [3.05, 3.63) is 33.8 Å². The van der Waals surface area contributed by atoms with Crippen molar-refractivity contribution < 1.29 is 13.2 Å². The Morgan fingerprint density at radius 1 is 1.15 bits per heavy atom. The van der Waals surface area contributed by atoms with Crippen LogP contribution >= 0.6 is 15.9 Å². The molecule has 5 heteroatoms. The lowest BCUT2D eigenvalue weighted by Gasteiger charge is -2.15. The van der Waals surface area contributed by atoms with E-state index in [9.17, 15) is 13.2 Å². The zero-order valence-corrected chi connectivity index (χ0v) is 13.2. The Balaban J connectivity index is 2.62. The molecule has 1 atom stereocenters. The zero-order valence-electron chi connectivity index (χ0n) is 11.6. The summed E-state index contributed by atoms with van der Waals surface area (Å²) in [5.41, 5.74) is 5.89. The molecule has 0 amide bonds. The van der Waals surface area contributed by atoms with Gasteiger partial charge >= 0.3 is 6.18 Å². The van der Waals surface area contributed by atoms with Gasteiger partial charge in [0.05, 0.1) is 5.56 Å². The fourth-order valence-electron chi connectivity index (χ4n) is 2.13. The molecule has 0 spiro atoms. The van der Waals surface area contributed by atoms with Gasteiger partial charge in [-0.2, -0.15) is 13.2 Å². The molecule has 0 radical (unpaired) electrons. The molecule has 1 aromatic carbocycles. The van der Waals surface area contributed by atoms with E-state index >= 15 is 0 Å². The number of hydrogen-bond donors (Lipinski definition) is 1. The van der Waals surface area contributed by atoms with Crippen LogP contribution in [0.2, 0.25) is 0 Å². The quantitative estimate of drug-likeness (QED) is 0.614. The average Bonchev–Trinajstić information content (AvgIpc) is 2.37. The lowest BCUT2D eigenvalue weighted by molar-refractivity contribution is -0.138. The van der Waals surface area contributed by atoms with Crippen molar-refractivity contribution in [3.63, 3.8) is 0 Å². The minimum atomic E-state index is -4.35. The molecule has 0 saturated heterocycles. The normalized spacial score (nSPS) is 13.5. The van der Waals surface area contributed by atoms with Crippen LogP contribution in [-0.4, -0.2) is 0 Å². The van der Waals surface area contributed by atoms with Crippen molar-refractivity contribution in [1.29, 1.82) is 0 Å². The molecule has 0 aromatic heterocycles. The van der Waals surface area contributed by atoms with Gasteiger partial charge in [-0.25, -0.2) is 0 Å². The first kappa shape index (κ1) is 17.5. The standard InChI is InChI=1S/C15H21BrF3N/c1-2-3-4-5-6-7-14(20)11-8-9-13(16)12(10-11)15(17,18)19/h8-10,14H,2-7,20H2,1H3. The second-order valence-corrected chi connectivity index (χ2v) is 5.90. The van der Waals surface area contributed by atoms with Crippen molar-refractivity contribution in [3.8, 4) is 0 Å². The predicted octanol–water partition coefficient (Wildman–Crippen LogP) is 5.83. The third-order valence-corrected chi connectivity index (χ3v) is 4.03. The van der Waals surface area contributed by atoms with Crippen LogP contribution in [0.25, 0.3) is 0 Å². The molecule has 0 saturated carbocycles. The SMILES string of the molecule is CCCCCCCC(N)c1ccc(Br)c(C(F)(F)F)c1. The van der Waals surface area contributed by atoms with Gasteiger partial charge in [0.1, 0.15) is 0 Å². The summed E-state index contributed by atoms with van der Waals surface area (Å²) in [6, 6.07) is 3.91. The largest absolute Gasteiger partial charge is 0.417 e. The van der Waals surface area contributed by atoms with Gasteiger partial charge in [-0.05, 0) is 24.1 Å². The van der Waals surface area contributed by atoms with Crippen LogP contribution in [0.3, 0.4) is 0 Å². The van der Waals surface area contributed by atoms with Crippen molar-refractivity contribution in [2.24, 2.45) is 5.73 Å². The second kappa shape index (κ2) is 8.03. The maximum atomic E-state index is 12.8. The minimum absolute atomic E-state index is 0.0592. The van der Waals surface area contributed by atoms with Gasteiger partial charge in [-0.1, -0.05) is 61.0 Å². The molecule has 2 N–H and O–H groups in total. The number of benzene rings is 1. The molecule has 1 nitrogen and oxygen atoms in total. The second-order valence-electron chi connectivity index (χ2n) is 5.05. The van der Waals surface area contributed by atoms with E-state index in [0.717, 1.165) is 31.7 Å². The fourth-order valence-corrected chi connectivity index (χ4v) is 2.60. The summed E-state index contributed by atoms with van der Waals surface area (Å²) in [5, 5.41) is 0. The topological polar surface area (TPSA) is 26.0 Å². The van der Waals surface area contributed by atoms with Gasteiger partial charge in [0, 0.05) is 10.5 Å². The van der Waals surface area contributed by atoms with Crippen LogP contribution in [0.5, 0.6) is 0 Å². The number of alkyl halides is 3. The van der Waals surface area contributed by atoms with Crippen molar-refractivity contribution in [2.75, 3.05) is 0 Å². The minimum Gasteiger partial charge on any atom is -0.324 e. The monoisotopic (exact) mass is 351 g/mol. The van der Waals surface area contributed by atoms with Gasteiger partial charge in [-0.15, -0.1) is 0 Å². The first-order valence-corrected chi connectivity index (χ1v) is 7.77. The highest BCUT2D eigenvalue weighted by molar-refractivity contribution is 9.10. The molecule has 0 aliphatic carbocycles. The third-order valence-electron chi connectivity index (χ3n) is 3.34. The highest BCUT2D eigenvalue weighted by Gasteiger charge is 2.33. The summed E-state index contributed by atoms with van der Waals surface area (Å²) in [5.74, 6) is 0. The van der Waals surface area contributed by atoms with Crippen LogP contribution in [0.15, 0.2) is 22.7 Å². The van der Waals surface area contributed by atoms with E-state index in [1.165, 1.54) is 18.9 Å². The van der Waals surface area contributed by atoms with E-state index in [4.69, 9.17) is 5.73 Å². The van der Waals surface area contributed by atoms with E-state index in [0.29, 0.717) is 5.56 Å². The summed E-state index contributed by atoms with van der Waals surface area (Å²) in [6.07, 6.45) is 1.96. The van der Waals surface area contributed by atoms with Gasteiger partial charge in [0.15, 0.2) is 0 Å². The molecular formula is C15H21BrF3N. The Hall–Kier alpha value is -0.550. The van der Waals surface area contributed by atoms with Crippen LogP contribution in [-0.2, 0) is 6.18 Å². The van der Waals surface area contributed by atoms with Gasteiger partial charge in [-0.3, -0.25) is 0 Å². The summed E-state index contributed by atoms with van der Waals surface area (Å²) < 4.78 is 38.5. The molecule has 1 unspecified atom stereocenters. The number of halogens is 4. The Kier molecular flexibility index (Phi) is 7.03. The first-order chi connectivity index (χ1) is 9.36. The molecule has 0 fully saturated rings. The van der Waals surface area contributed by atoms with Crippen molar-refractivity contribution >= 4 is 15.9 Å². The maximum Gasteiger partial charge on any atom is 0.417 e. The summed E-state index contributed by atoms with van der Waals surface area (Å²) in [7, 11) is 0. The summed E-state index contributed by atoms with van der Waals surface area (Å²) >= 11 is 2.94. The van der Waals surface area contributed by atoms with Crippen LogP contribution in [0, 0.1) is 0 Å². The molecule has 1 rings (SSSR count). The molecule has 20 heavy (non-hydrogen) atoms. The number of rotatable bonds is 7. The van der Waals surface area contributed by atoms with Crippen LogP contribution in [0.4, 0.5) is 13.2 Å². The van der Waals surface area contributed by atoms with Gasteiger partial charge in [0.2, 0.25) is 0 Å². The zero-order chi connectivity index (χ0) is 15.2.